The molecular weight excluding hydrogens is 595 g/mol. The number of ether oxygens (including phenoxy) is 2. The molecule has 2 heterocycles. The van der Waals surface area contributed by atoms with E-state index in [0.717, 1.165) is 24.0 Å². The molecule has 2 N–H and O–H groups in total. The SMILES string of the molecule is O=C(Nc1ccc(N2CCN(c3ccccc3F)CC2)c(S(=O)(=O)NC2CCCc3ccccc32)c1)c1ccc2c(c1)OCO2. The summed E-state index contributed by atoms with van der Waals surface area (Å²) in [7, 11) is -4.04. The Morgan fingerprint density at radius 2 is 1.56 bits per heavy atom. The third kappa shape index (κ3) is 5.93. The van der Waals surface area contributed by atoms with Gasteiger partial charge in [-0.2, -0.15) is 0 Å². The molecule has 0 bridgehead atoms. The summed E-state index contributed by atoms with van der Waals surface area (Å²) in [4.78, 5) is 17.2. The predicted octanol–water partition coefficient (Wildman–Crippen LogP) is 5.49. The number of sulfonamides is 1. The van der Waals surface area contributed by atoms with Crippen LogP contribution < -0.4 is 29.3 Å². The van der Waals surface area contributed by atoms with Gasteiger partial charge in [0.25, 0.3) is 5.91 Å². The predicted molar refractivity (Wildman–Crippen MR) is 170 cm³/mol. The molecule has 11 heteroatoms. The maximum absolute atomic E-state index is 14.5. The van der Waals surface area contributed by atoms with Gasteiger partial charge < -0.3 is 24.6 Å². The largest absolute Gasteiger partial charge is 0.454 e. The van der Waals surface area contributed by atoms with E-state index in [0.29, 0.717) is 66.7 Å². The van der Waals surface area contributed by atoms with E-state index in [1.807, 2.05) is 34.1 Å². The Labute approximate surface area is 261 Å². The lowest BCUT2D eigenvalue weighted by atomic mass is 9.88. The van der Waals surface area contributed by atoms with Crippen LogP contribution in [-0.2, 0) is 16.4 Å². The summed E-state index contributed by atoms with van der Waals surface area (Å²) >= 11 is 0. The molecule has 0 spiro atoms. The van der Waals surface area contributed by atoms with Crippen LogP contribution in [0.25, 0.3) is 0 Å². The third-order valence-electron chi connectivity index (χ3n) is 8.62. The van der Waals surface area contributed by atoms with Crippen LogP contribution in [0.2, 0.25) is 0 Å². The van der Waals surface area contributed by atoms with Crippen molar-refractivity contribution in [1.29, 1.82) is 0 Å². The molecule has 1 fully saturated rings. The van der Waals surface area contributed by atoms with Gasteiger partial charge in [0.15, 0.2) is 11.5 Å². The number of fused-ring (bicyclic) bond motifs is 2. The monoisotopic (exact) mass is 628 g/mol. The number of nitrogens with zero attached hydrogens (tertiary/aromatic N) is 2. The Balaban J connectivity index is 1.18. The summed E-state index contributed by atoms with van der Waals surface area (Å²) in [6.45, 7) is 2.12. The molecule has 0 saturated carbocycles. The number of piperazine rings is 1. The van der Waals surface area contributed by atoms with Crippen molar-refractivity contribution >= 4 is 33.0 Å². The lowest BCUT2D eigenvalue weighted by Crippen LogP contribution is -2.47. The van der Waals surface area contributed by atoms with Gasteiger partial charge >= 0.3 is 0 Å². The van der Waals surface area contributed by atoms with Crippen molar-refractivity contribution in [2.45, 2.75) is 30.2 Å². The minimum atomic E-state index is -4.04. The first-order chi connectivity index (χ1) is 21.9. The van der Waals surface area contributed by atoms with Crippen LogP contribution in [-0.4, -0.2) is 47.3 Å². The van der Waals surface area contributed by atoms with Crippen molar-refractivity contribution in [2.24, 2.45) is 0 Å². The first kappa shape index (κ1) is 29.1. The highest BCUT2D eigenvalue weighted by atomic mass is 32.2. The minimum absolute atomic E-state index is 0.0772. The van der Waals surface area contributed by atoms with Gasteiger partial charge in [0, 0.05) is 43.5 Å². The zero-order valence-corrected chi connectivity index (χ0v) is 25.4. The van der Waals surface area contributed by atoms with Crippen LogP contribution in [0, 0.1) is 5.82 Å². The van der Waals surface area contributed by atoms with Crippen LogP contribution in [0.3, 0.4) is 0 Å². The molecule has 1 unspecified atom stereocenters. The van der Waals surface area contributed by atoms with E-state index in [4.69, 9.17) is 9.47 Å². The molecule has 2 aliphatic heterocycles. The number of carbonyl (C=O) groups is 1. The van der Waals surface area contributed by atoms with E-state index < -0.39 is 15.9 Å². The normalized spacial score (nSPS) is 17.6. The molecular formula is C34H33FN4O5S. The summed E-state index contributed by atoms with van der Waals surface area (Å²) in [6, 6.07) is 24.1. The number of rotatable bonds is 7. The maximum atomic E-state index is 14.5. The van der Waals surface area contributed by atoms with Gasteiger partial charge in [0.05, 0.1) is 11.4 Å². The first-order valence-corrected chi connectivity index (χ1v) is 16.5. The summed E-state index contributed by atoms with van der Waals surface area (Å²) in [5.74, 6) is 0.355. The van der Waals surface area contributed by atoms with Crippen molar-refractivity contribution in [3.05, 3.63) is 107 Å². The van der Waals surface area contributed by atoms with E-state index in [1.165, 1.54) is 12.1 Å². The molecule has 4 aromatic carbocycles. The lowest BCUT2D eigenvalue weighted by molar-refractivity contribution is 0.102. The Morgan fingerprint density at radius 3 is 2.38 bits per heavy atom. The van der Waals surface area contributed by atoms with Crippen molar-refractivity contribution < 1.29 is 27.1 Å². The maximum Gasteiger partial charge on any atom is 0.255 e. The van der Waals surface area contributed by atoms with Gasteiger partial charge in [-0.3, -0.25) is 4.79 Å². The van der Waals surface area contributed by atoms with E-state index in [2.05, 4.69) is 10.0 Å². The quantitative estimate of drug-likeness (QED) is 0.279. The molecule has 9 nitrogen and oxygen atoms in total. The summed E-state index contributed by atoms with van der Waals surface area (Å²) in [5, 5.41) is 2.85. The number of para-hydroxylation sites is 1. The number of carbonyl (C=O) groups excluding carboxylic acids is 1. The van der Waals surface area contributed by atoms with Crippen molar-refractivity contribution in [3.8, 4) is 11.5 Å². The smallest absolute Gasteiger partial charge is 0.255 e. The van der Waals surface area contributed by atoms with Crippen LogP contribution in [0.5, 0.6) is 11.5 Å². The number of halogens is 1. The molecule has 4 aromatic rings. The highest BCUT2D eigenvalue weighted by Gasteiger charge is 2.30. The fourth-order valence-electron chi connectivity index (χ4n) is 6.33. The minimum Gasteiger partial charge on any atom is -0.454 e. The van der Waals surface area contributed by atoms with Crippen molar-refractivity contribution in [2.75, 3.05) is 48.1 Å². The lowest BCUT2D eigenvalue weighted by Gasteiger charge is -2.38. The third-order valence-corrected chi connectivity index (χ3v) is 10.1. The molecule has 1 amide bonds. The van der Waals surface area contributed by atoms with Crippen molar-refractivity contribution in [3.63, 3.8) is 0 Å². The molecule has 7 rings (SSSR count). The zero-order valence-electron chi connectivity index (χ0n) is 24.5. The van der Waals surface area contributed by atoms with Crippen LogP contribution in [0.15, 0.2) is 89.8 Å². The average Bonchev–Trinajstić information content (AvgIpc) is 3.53. The molecule has 1 atom stereocenters. The van der Waals surface area contributed by atoms with Crippen LogP contribution in [0.4, 0.5) is 21.5 Å². The van der Waals surface area contributed by atoms with E-state index in [9.17, 15) is 17.6 Å². The molecule has 1 saturated heterocycles. The fraction of sp³-hybridized carbons (Fsp3) is 0.265. The number of nitrogens with one attached hydrogen (secondary N) is 2. The standard InChI is InChI=1S/C34H33FN4O5S/c35-27-9-3-4-11-29(27)38-16-18-39(19-17-38)30-14-13-25(36-34(40)24-12-15-31-32(20-24)44-22-43-31)21-33(30)45(41,42)37-28-10-5-7-23-6-1-2-8-26(23)28/h1-4,6,8-9,11-15,20-21,28,37H,5,7,10,16-19,22H2,(H,36,40). The number of hydrogen-bond donors (Lipinski definition) is 2. The Bertz CT molecular complexity index is 1860. The Kier molecular flexibility index (Phi) is 7.80. The molecule has 45 heavy (non-hydrogen) atoms. The second-order valence-electron chi connectivity index (χ2n) is 11.4. The topological polar surface area (TPSA) is 100 Å². The Morgan fingerprint density at radius 1 is 0.822 bits per heavy atom. The highest BCUT2D eigenvalue weighted by Crippen LogP contribution is 2.36. The second kappa shape index (κ2) is 12.1. The van der Waals surface area contributed by atoms with E-state index >= 15 is 0 Å². The fourth-order valence-corrected chi connectivity index (χ4v) is 7.83. The van der Waals surface area contributed by atoms with Gasteiger partial charge in [0.1, 0.15) is 10.7 Å². The van der Waals surface area contributed by atoms with Gasteiger partial charge in [-0.15, -0.1) is 0 Å². The van der Waals surface area contributed by atoms with Gasteiger partial charge in [-0.25, -0.2) is 17.5 Å². The summed E-state index contributed by atoms with van der Waals surface area (Å²) in [6.07, 6.45) is 2.47. The Hall–Kier alpha value is -4.61. The van der Waals surface area contributed by atoms with Gasteiger partial charge in [0.2, 0.25) is 16.8 Å². The van der Waals surface area contributed by atoms with E-state index in [-0.39, 0.29) is 23.5 Å². The van der Waals surface area contributed by atoms with E-state index in [1.54, 1.807) is 48.5 Å². The molecule has 0 radical (unpaired) electrons. The van der Waals surface area contributed by atoms with Crippen molar-refractivity contribution in [1.82, 2.24) is 4.72 Å². The number of amides is 1. The number of benzene rings is 4. The zero-order chi connectivity index (χ0) is 31.0. The number of hydrogen-bond acceptors (Lipinski definition) is 7. The van der Waals surface area contributed by atoms with Crippen LogP contribution in [0.1, 0.15) is 40.4 Å². The molecule has 232 valence electrons. The number of anilines is 3. The summed E-state index contributed by atoms with van der Waals surface area (Å²) < 4.78 is 56.6. The first-order valence-electron chi connectivity index (χ1n) is 15.1. The highest BCUT2D eigenvalue weighted by molar-refractivity contribution is 7.89. The number of aryl methyl sites for hydroxylation is 1. The van der Waals surface area contributed by atoms with Gasteiger partial charge in [-0.1, -0.05) is 36.4 Å². The summed E-state index contributed by atoms with van der Waals surface area (Å²) in [5.41, 5.74) is 3.89. The molecule has 3 aliphatic rings. The van der Waals surface area contributed by atoms with Crippen LogP contribution >= 0.6 is 0 Å². The molecule has 1 aliphatic carbocycles. The second-order valence-corrected chi connectivity index (χ2v) is 13.1. The van der Waals surface area contributed by atoms with Gasteiger partial charge in [-0.05, 0) is 78.9 Å². The molecule has 0 aromatic heterocycles. The average molecular weight is 629 g/mol.